The number of rotatable bonds is 14. The molecule has 190 valence electrons. The molecule has 33 heavy (non-hydrogen) atoms. The van der Waals surface area contributed by atoms with Gasteiger partial charge < -0.3 is 32.1 Å². The van der Waals surface area contributed by atoms with Gasteiger partial charge in [-0.05, 0) is 56.9 Å². The highest BCUT2D eigenvalue weighted by molar-refractivity contribution is 5.94. The van der Waals surface area contributed by atoms with Gasteiger partial charge >= 0.3 is 5.97 Å². The number of carboxylic acid groups (broad SMARTS) is 1. The third-order valence-corrected chi connectivity index (χ3v) is 6.24. The van der Waals surface area contributed by atoms with E-state index in [0.717, 1.165) is 0 Å². The molecule has 0 saturated carbocycles. The Labute approximate surface area is 197 Å². The second-order valence-electron chi connectivity index (χ2n) is 9.48. The quantitative estimate of drug-likeness (QED) is 0.232. The van der Waals surface area contributed by atoms with Gasteiger partial charge in [-0.3, -0.25) is 14.4 Å². The second kappa shape index (κ2) is 14.1. The lowest BCUT2D eigenvalue weighted by Crippen LogP contribution is -2.58. The second-order valence-corrected chi connectivity index (χ2v) is 9.48. The average molecular weight is 470 g/mol. The SMILES string of the molecule is CCC(C)C(NC(=O)C(N)CC(C)C)C(=O)NC(CCCCN)C(=O)N1CCCC1C(=O)O. The molecule has 5 unspecified atom stereocenters. The van der Waals surface area contributed by atoms with Gasteiger partial charge in [-0.1, -0.05) is 34.1 Å². The van der Waals surface area contributed by atoms with Gasteiger partial charge in [0.1, 0.15) is 18.1 Å². The summed E-state index contributed by atoms with van der Waals surface area (Å²) in [6, 6.07) is -3.34. The van der Waals surface area contributed by atoms with Gasteiger partial charge in [0, 0.05) is 6.54 Å². The fraction of sp³-hybridized carbons (Fsp3) is 0.826. The van der Waals surface area contributed by atoms with Crippen molar-refractivity contribution in [1.82, 2.24) is 15.5 Å². The van der Waals surface area contributed by atoms with Gasteiger partial charge in [0.25, 0.3) is 0 Å². The van der Waals surface area contributed by atoms with Crippen LogP contribution in [0.15, 0.2) is 0 Å². The fourth-order valence-corrected chi connectivity index (χ4v) is 4.08. The molecule has 10 heteroatoms. The van der Waals surface area contributed by atoms with Crippen molar-refractivity contribution in [2.24, 2.45) is 23.3 Å². The topological polar surface area (TPSA) is 168 Å². The van der Waals surface area contributed by atoms with Crippen molar-refractivity contribution >= 4 is 23.7 Å². The van der Waals surface area contributed by atoms with Crippen molar-refractivity contribution in [2.75, 3.05) is 13.1 Å². The van der Waals surface area contributed by atoms with Gasteiger partial charge in [-0.2, -0.15) is 0 Å². The van der Waals surface area contributed by atoms with Gasteiger partial charge in [0.05, 0.1) is 6.04 Å². The van der Waals surface area contributed by atoms with E-state index in [2.05, 4.69) is 10.6 Å². The molecule has 0 aromatic heterocycles. The zero-order valence-corrected chi connectivity index (χ0v) is 20.5. The van der Waals surface area contributed by atoms with E-state index in [0.29, 0.717) is 58.0 Å². The summed E-state index contributed by atoms with van der Waals surface area (Å²) in [6.07, 6.45) is 3.76. The maximum absolute atomic E-state index is 13.2. The zero-order chi connectivity index (χ0) is 25.1. The van der Waals surface area contributed by atoms with Crippen LogP contribution in [0, 0.1) is 11.8 Å². The molecule has 0 bridgehead atoms. The minimum absolute atomic E-state index is 0.182. The number of nitrogens with two attached hydrogens (primary N) is 2. The third-order valence-electron chi connectivity index (χ3n) is 6.24. The van der Waals surface area contributed by atoms with E-state index in [9.17, 15) is 24.3 Å². The minimum atomic E-state index is -1.04. The van der Waals surface area contributed by atoms with E-state index in [-0.39, 0.29) is 11.8 Å². The number of carboxylic acids is 1. The van der Waals surface area contributed by atoms with Crippen LogP contribution >= 0.6 is 0 Å². The standard InChI is InChI=1S/C23H43N5O5/c1-5-15(4)19(27-20(29)16(25)13-14(2)3)21(30)26-17(9-6-7-11-24)22(31)28-12-8-10-18(28)23(32)33/h14-19H,5-13,24-25H2,1-4H3,(H,26,30)(H,27,29)(H,32,33). The molecule has 3 amide bonds. The first-order valence-electron chi connectivity index (χ1n) is 12.1. The largest absolute Gasteiger partial charge is 0.480 e. The minimum Gasteiger partial charge on any atom is -0.480 e. The molecular formula is C23H43N5O5. The third kappa shape index (κ3) is 8.92. The molecule has 1 aliphatic heterocycles. The van der Waals surface area contributed by atoms with Gasteiger partial charge in [0.2, 0.25) is 17.7 Å². The highest BCUT2D eigenvalue weighted by Gasteiger charge is 2.38. The van der Waals surface area contributed by atoms with E-state index in [1.54, 1.807) is 0 Å². The summed E-state index contributed by atoms with van der Waals surface area (Å²) in [5.41, 5.74) is 11.6. The smallest absolute Gasteiger partial charge is 0.326 e. The first-order chi connectivity index (χ1) is 15.5. The Hall–Kier alpha value is -2.20. The van der Waals surface area contributed by atoms with Crippen LogP contribution in [0.5, 0.6) is 0 Å². The summed E-state index contributed by atoms with van der Waals surface area (Å²) in [5, 5.41) is 15.0. The molecule has 0 aliphatic carbocycles. The van der Waals surface area contributed by atoms with Crippen molar-refractivity contribution in [1.29, 1.82) is 0 Å². The van der Waals surface area contributed by atoms with Gasteiger partial charge in [-0.15, -0.1) is 0 Å². The first-order valence-corrected chi connectivity index (χ1v) is 12.1. The number of aliphatic carboxylic acids is 1. The monoisotopic (exact) mass is 469 g/mol. The Kier molecular flexibility index (Phi) is 12.4. The highest BCUT2D eigenvalue weighted by atomic mass is 16.4. The van der Waals surface area contributed by atoms with Crippen LogP contribution in [0.2, 0.25) is 0 Å². The number of hydrogen-bond acceptors (Lipinski definition) is 6. The number of carbonyl (C=O) groups excluding carboxylic acids is 3. The summed E-state index contributed by atoms with van der Waals surface area (Å²) in [7, 11) is 0. The number of unbranched alkanes of at least 4 members (excludes halogenated alkanes) is 1. The maximum Gasteiger partial charge on any atom is 0.326 e. The van der Waals surface area contributed by atoms with Crippen molar-refractivity contribution in [3.05, 3.63) is 0 Å². The van der Waals surface area contributed by atoms with E-state index >= 15 is 0 Å². The molecule has 1 heterocycles. The van der Waals surface area contributed by atoms with Crippen LogP contribution in [0.3, 0.4) is 0 Å². The Morgan fingerprint density at radius 1 is 1.09 bits per heavy atom. The molecule has 1 fully saturated rings. The molecule has 0 spiro atoms. The molecule has 7 N–H and O–H groups in total. The van der Waals surface area contributed by atoms with Crippen LogP contribution in [0.25, 0.3) is 0 Å². The maximum atomic E-state index is 13.2. The summed E-state index contributed by atoms with van der Waals surface area (Å²) < 4.78 is 0. The number of carbonyl (C=O) groups is 4. The normalized spacial score (nSPS) is 19.6. The van der Waals surface area contributed by atoms with Crippen LogP contribution in [0.4, 0.5) is 0 Å². The summed E-state index contributed by atoms with van der Waals surface area (Å²) in [5.74, 6) is -2.27. The molecule has 0 aromatic carbocycles. The van der Waals surface area contributed by atoms with Crippen LogP contribution in [-0.2, 0) is 19.2 Å². The molecule has 10 nitrogen and oxygen atoms in total. The molecule has 0 radical (unpaired) electrons. The van der Waals surface area contributed by atoms with E-state index < -0.39 is 47.9 Å². The summed E-state index contributed by atoms with van der Waals surface area (Å²) in [6.45, 7) is 8.49. The predicted molar refractivity (Wildman–Crippen MR) is 126 cm³/mol. The Bertz CT molecular complexity index is 672. The number of nitrogens with one attached hydrogen (secondary N) is 2. The van der Waals surface area contributed by atoms with Crippen molar-refractivity contribution in [2.45, 2.75) is 96.8 Å². The van der Waals surface area contributed by atoms with E-state index in [1.165, 1.54) is 4.90 Å². The number of amides is 3. The summed E-state index contributed by atoms with van der Waals surface area (Å²) in [4.78, 5) is 51.9. The first kappa shape index (κ1) is 28.8. The predicted octanol–water partition coefficient (Wildman–Crippen LogP) is 0.580. The Balaban J connectivity index is 3.00. The Morgan fingerprint density at radius 3 is 2.30 bits per heavy atom. The van der Waals surface area contributed by atoms with Crippen LogP contribution < -0.4 is 22.1 Å². The lowest BCUT2D eigenvalue weighted by atomic mass is 9.96. The molecule has 1 aliphatic rings. The zero-order valence-electron chi connectivity index (χ0n) is 20.5. The molecule has 5 atom stereocenters. The number of nitrogens with zero attached hydrogens (tertiary/aromatic N) is 1. The lowest BCUT2D eigenvalue weighted by Gasteiger charge is -2.30. The van der Waals surface area contributed by atoms with Crippen molar-refractivity contribution < 1.29 is 24.3 Å². The molecule has 0 aromatic rings. The average Bonchev–Trinajstić information content (AvgIpc) is 3.25. The van der Waals surface area contributed by atoms with Crippen molar-refractivity contribution in [3.63, 3.8) is 0 Å². The lowest BCUT2D eigenvalue weighted by molar-refractivity contribution is -0.149. The van der Waals surface area contributed by atoms with Gasteiger partial charge in [0.15, 0.2) is 0 Å². The van der Waals surface area contributed by atoms with E-state index in [4.69, 9.17) is 11.5 Å². The van der Waals surface area contributed by atoms with Crippen LogP contribution in [0.1, 0.15) is 72.6 Å². The van der Waals surface area contributed by atoms with Crippen molar-refractivity contribution in [3.8, 4) is 0 Å². The number of hydrogen-bond donors (Lipinski definition) is 5. The molecule has 1 saturated heterocycles. The highest BCUT2D eigenvalue weighted by Crippen LogP contribution is 2.20. The van der Waals surface area contributed by atoms with E-state index in [1.807, 2.05) is 27.7 Å². The molecule has 1 rings (SSSR count). The Morgan fingerprint density at radius 2 is 1.76 bits per heavy atom. The fourth-order valence-electron chi connectivity index (χ4n) is 4.08. The number of likely N-dealkylation sites (tertiary alicyclic amines) is 1. The van der Waals surface area contributed by atoms with Gasteiger partial charge in [-0.25, -0.2) is 4.79 Å². The summed E-state index contributed by atoms with van der Waals surface area (Å²) >= 11 is 0. The molecular weight excluding hydrogens is 426 g/mol. The van der Waals surface area contributed by atoms with Crippen LogP contribution in [-0.4, -0.2) is 71.0 Å².